The van der Waals surface area contributed by atoms with E-state index in [1.807, 2.05) is 58.0 Å². The second kappa shape index (κ2) is 11.5. The molecule has 182 valence electrons. The molecule has 34 heavy (non-hydrogen) atoms. The lowest BCUT2D eigenvalue weighted by molar-refractivity contribution is -0.142. The van der Waals surface area contributed by atoms with Gasteiger partial charge in [0, 0.05) is 6.04 Å². The minimum Gasteiger partial charge on any atom is -0.493 e. The van der Waals surface area contributed by atoms with Gasteiger partial charge in [-0.1, -0.05) is 89.2 Å². The van der Waals surface area contributed by atoms with Crippen LogP contribution in [-0.2, 0) is 22.6 Å². The van der Waals surface area contributed by atoms with Crippen LogP contribution in [0.2, 0.25) is 0 Å². The highest BCUT2D eigenvalue weighted by molar-refractivity contribution is 5.85. The lowest BCUT2D eigenvalue weighted by Crippen LogP contribution is -2.47. The van der Waals surface area contributed by atoms with Crippen molar-refractivity contribution in [3.8, 4) is 5.75 Å². The summed E-state index contributed by atoms with van der Waals surface area (Å²) < 4.78 is 12.0. The molecule has 0 heterocycles. The Hall–Kier alpha value is -2.85. The number of carbonyl (C=O) groups excluding carboxylic acids is 1. The van der Waals surface area contributed by atoms with Gasteiger partial charge >= 0.3 is 0 Å². The Morgan fingerprint density at radius 3 is 2.26 bits per heavy atom. The van der Waals surface area contributed by atoms with Crippen LogP contribution in [-0.4, -0.2) is 24.7 Å². The Labute approximate surface area is 204 Å². The summed E-state index contributed by atoms with van der Waals surface area (Å²) in [4.78, 5) is 13.2. The number of nitrogens with one attached hydrogen (secondary N) is 1. The predicted octanol–water partition coefficient (Wildman–Crippen LogP) is 6.55. The molecule has 0 radical (unpaired) electrons. The Morgan fingerprint density at radius 2 is 1.59 bits per heavy atom. The predicted molar refractivity (Wildman–Crippen MR) is 140 cm³/mol. The molecule has 0 fully saturated rings. The number of fused-ring (bicyclic) bond motifs is 1. The number of benzene rings is 3. The Balaban J connectivity index is 1.60. The van der Waals surface area contributed by atoms with Crippen molar-refractivity contribution >= 4 is 16.7 Å². The minimum absolute atomic E-state index is 0.0130. The largest absolute Gasteiger partial charge is 0.493 e. The van der Waals surface area contributed by atoms with Crippen LogP contribution in [0.5, 0.6) is 5.75 Å². The SMILES string of the molecule is CC(C)COc1ccc(C[C@@H](C)NC(=O)[C@@H](OCc2cccc3ccccc23)C(C)(C)C)cc1. The number of carbonyl (C=O) groups is 1. The molecule has 0 saturated heterocycles. The maximum Gasteiger partial charge on any atom is 0.249 e. The minimum atomic E-state index is -0.555. The fourth-order valence-electron chi connectivity index (χ4n) is 4.02. The van der Waals surface area contributed by atoms with Gasteiger partial charge in [0.1, 0.15) is 11.9 Å². The summed E-state index contributed by atoms with van der Waals surface area (Å²) in [5, 5.41) is 5.50. The molecule has 1 N–H and O–H groups in total. The maximum atomic E-state index is 13.2. The van der Waals surface area contributed by atoms with E-state index in [-0.39, 0.29) is 17.4 Å². The average Bonchev–Trinajstić information content (AvgIpc) is 2.78. The third-order valence-corrected chi connectivity index (χ3v) is 5.75. The summed E-state index contributed by atoms with van der Waals surface area (Å²) in [7, 11) is 0. The first-order valence-corrected chi connectivity index (χ1v) is 12.2. The van der Waals surface area contributed by atoms with Crippen LogP contribution in [0.15, 0.2) is 66.7 Å². The maximum absolute atomic E-state index is 13.2. The van der Waals surface area contributed by atoms with Crippen LogP contribution in [0.25, 0.3) is 10.8 Å². The number of ether oxygens (including phenoxy) is 2. The molecule has 1 amide bonds. The lowest BCUT2D eigenvalue weighted by atomic mass is 9.88. The molecule has 0 saturated carbocycles. The van der Waals surface area contributed by atoms with E-state index in [1.54, 1.807) is 0 Å². The van der Waals surface area contributed by atoms with Crippen molar-refractivity contribution in [2.24, 2.45) is 11.3 Å². The third-order valence-electron chi connectivity index (χ3n) is 5.75. The first-order valence-electron chi connectivity index (χ1n) is 12.2. The van der Waals surface area contributed by atoms with Gasteiger partial charge in [-0.15, -0.1) is 0 Å². The number of hydrogen-bond donors (Lipinski definition) is 1. The molecule has 0 aliphatic rings. The molecule has 3 aromatic carbocycles. The van der Waals surface area contributed by atoms with E-state index in [1.165, 1.54) is 5.39 Å². The molecule has 4 nitrogen and oxygen atoms in total. The first-order chi connectivity index (χ1) is 16.1. The first kappa shape index (κ1) is 25.8. The van der Waals surface area contributed by atoms with E-state index in [2.05, 4.69) is 55.6 Å². The molecule has 2 atom stereocenters. The third kappa shape index (κ3) is 7.33. The van der Waals surface area contributed by atoms with Crippen molar-refractivity contribution in [2.45, 2.75) is 66.7 Å². The zero-order valence-corrected chi connectivity index (χ0v) is 21.4. The van der Waals surface area contributed by atoms with Crippen molar-refractivity contribution in [2.75, 3.05) is 6.61 Å². The zero-order chi connectivity index (χ0) is 24.7. The summed E-state index contributed by atoms with van der Waals surface area (Å²) in [6, 6.07) is 22.6. The smallest absolute Gasteiger partial charge is 0.249 e. The highest BCUT2D eigenvalue weighted by Crippen LogP contribution is 2.26. The molecule has 4 heteroatoms. The molecular weight excluding hydrogens is 422 g/mol. The van der Waals surface area contributed by atoms with E-state index in [0.717, 1.165) is 28.7 Å². The lowest BCUT2D eigenvalue weighted by Gasteiger charge is -2.31. The van der Waals surface area contributed by atoms with Gasteiger partial charge in [-0.05, 0) is 58.7 Å². The van der Waals surface area contributed by atoms with Gasteiger partial charge in [-0.25, -0.2) is 0 Å². The summed E-state index contributed by atoms with van der Waals surface area (Å²) in [6.07, 6.45) is 0.192. The second-order valence-electron chi connectivity index (χ2n) is 10.7. The fourth-order valence-corrected chi connectivity index (χ4v) is 4.02. The highest BCUT2D eigenvalue weighted by atomic mass is 16.5. The molecule has 0 bridgehead atoms. The highest BCUT2D eigenvalue weighted by Gasteiger charge is 2.33. The zero-order valence-electron chi connectivity index (χ0n) is 21.4. The fraction of sp³-hybridized carbons (Fsp3) is 0.433. The van der Waals surface area contributed by atoms with Gasteiger partial charge in [-0.3, -0.25) is 4.79 Å². The molecule has 0 aliphatic heterocycles. The summed E-state index contributed by atoms with van der Waals surface area (Å²) in [5.74, 6) is 1.30. The molecule has 0 unspecified atom stereocenters. The Morgan fingerprint density at radius 1 is 0.912 bits per heavy atom. The molecule has 3 aromatic rings. The van der Waals surface area contributed by atoms with Crippen LogP contribution in [0.4, 0.5) is 0 Å². The van der Waals surface area contributed by atoms with Crippen molar-refractivity contribution in [3.63, 3.8) is 0 Å². The van der Waals surface area contributed by atoms with Gasteiger partial charge in [0.05, 0.1) is 13.2 Å². The number of rotatable bonds is 10. The normalized spacial score (nSPS) is 13.6. The van der Waals surface area contributed by atoms with Crippen LogP contribution >= 0.6 is 0 Å². The van der Waals surface area contributed by atoms with Gasteiger partial charge in [0.2, 0.25) is 5.91 Å². The number of hydrogen-bond acceptors (Lipinski definition) is 3. The molecule has 0 aliphatic carbocycles. The summed E-state index contributed by atoms with van der Waals surface area (Å²) in [5.41, 5.74) is 1.92. The Kier molecular flexibility index (Phi) is 8.73. The van der Waals surface area contributed by atoms with Gasteiger partial charge in [-0.2, -0.15) is 0 Å². The molecule has 0 spiro atoms. The van der Waals surface area contributed by atoms with E-state index < -0.39 is 6.10 Å². The second-order valence-corrected chi connectivity index (χ2v) is 10.7. The number of amides is 1. The molecular formula is C30H39NO3. The van der Waals surface area contributed by atoms with Crippen LogP contribution in [0.1, 0.15) is 52.7 Å². The van der Waals surface area contributed by atoms with Crippen molar-refractivity contribution < 1.29 is 14.3 Å². The van der Waals surface area contributed by atoms with Gasteiger partial charge in [0.15, 0.2) is 0 Å². The van der Waals surface area contributed by atoms with E-state index in [0.29, 0.717) is 19.1 Å². The van der Waals surface area contributed by atoms with Gasteiger partial charge < -0.3 is 14.8 Å². The Bertz CT molecular complexity index is 1060. The summed E-state index contributed by atoms with van der Waals surface area (Å²) >= 11 is 0. The quantitative estimate of drug-likeness (QED) is 0.372. The standard InChI is InChI=1S/C30H39NO3/c1-21(2)19-33-26-16-14-23(15-17-26)18-22(3)31-29(32)28(30(4,5)6)34-20-25-12-9-11-24-10-7-8-13-27(24)25/h7-17,21-22,28H,18-20H2,1-6H3,(H,31,32)/t22-,28-/m1/s1. The van der Waals surface area contributed by atoms with Crippen LogP contribution < -0.4 is 10.1 Å². The van der Waals surface area contributed by atoms with Crippen LogP contribution in [0.3, 0.4) is 0 Å². The van der Waals surface area contributed by atoms with E-state index >= 15 is 0 Å². The van der Waals surface area contributed by atoms with Crippen LogP contribution in [0, 0.1) is 11.3 Å². The summed E-state index contributed by atoms with van der Waals surface area (Å²) in [6.45, 7) is 13.5. The molecule has 3 rings (SSSR count). The van der Waals surface area contributed by atoms with Crippen molar-refractivity contribution in [1.29, 1.82) is 0 Å². The monoisotopic (exact) mass is 461 g/mol. The van der Waals surface area contributed by atoms with E-state index in [4.69, 9.17) is 9.47 Å². The molecule has 0 aromatic heterocycles. The van der Waals surface area contributed by atoms with Gasteiger partial charge in [0.25, 0.3) is 0 Å². The average molecular weight is 462 g/mol. The van der Waals surface area contributed by atoms with E-state index in [9.17, 15) is 4.79 Å². The van der Waals surface area contributed by atoms with Crippen molar-refractivity contribution in [3.05, 3.63) is 77.9 Å². The topological polar surface area (TPSA) is 47.6 Å². The van der Waals surface area contributed by atoms with Crippen molar-refractivity contribution in [1.82, 2.24) is 5.32 Å².